The summed E-state index contributed by atoms with van der Waals surface area (Å²) in [5.74, 6) is -0.452. The van der Waals surface area contributed by atoms with E-state index in [4.69, 9.17) is 0 Å². The number of anilines is 3. The minimum Gasteiger partial charge on any atom is -1.00 e. The van der Waals surface area contributed by atoms with Crippen LogP contribution in [0.25, 0.3) is 12.2 Å². The van der Waals surface area contributed by atoms with E-state index in [2.05, 4.69) is 53.4 Å². The van der Waals surface area contributed by atoms with Crippen molar-refractivity contribution in [2.75, 3.05) is 11.4 Å². The Labute approximate surface area is 263 Å². The lowest BCUT2D eigenvalue weighted by molar-refractivity contribution is -0.671. The Kier molecular flexibility index (Phi) is 8.93. The summed E-state index contributed by atoms with van der Waals surface area (Å²) < 4.78 is 1.96. The van der Waals surface area contributed by atoms with Gasteiger partial charge in [0, 0.05) is 35.7 Å². The number of rotatable bonds is 8. The van der Waals surface area contributed by atoms with Gasteiger partial charge in [0.05, 0.1) is 11.1 Å². The first-order valence-electron chi connectivity index (χ1n) is 13.7. The number of benzene rings is 4. The lowest BCUT2D eigenvalue weighted by atomic mass is 10.0. The van der Waals surface area contributed by atoms with E-state index in [1.807, 2.05) is 96.8 Å². The van der Waals surface area contributed by atoms with E-state index in [1.54, 1.807) is 6.07 Å². The molecule has 0 saturated carbocycles. The Bertz CT molecular complexity index is 1680. The molecule has 0 spiro atoms. The number of hydrogen-bond donors (Lipinski definition) is 0. The van der Waals surface area contributed by atoms with E-state index >= 15 is 0 Å². The second kappa shape index (κ2) is 13.0. The monoisotopic (exact) mass is 663 g/mol. The van der Waals surface area contributed by atoms with Gasteiger partial charge in [-0.3, -0.25) is 14.5 Å². The third-order valence-corrected chi connectivity index (χ3v) is 7.31. The molecule has 0 bridgehead atoms. The molecule has 0 aliphatic carbocycles. The maximum Gasteiger partial charge on any atom is 0.261 e. The minimum absolute atomic E-state index is 0. The maximum absolute atomic E-state index is 13.1. The molecule has 2 heterocycles. The standard InChI is InChI=1S/C36H30N3O2.HI/c1-37-23-20-28(21-24-37)22-25-38-35(40)33-19-16-29(26-34(33)36(38)41)13-12-27-14-17-32(18-15-27)39(30-8-4-2-5-9-30)31-10-6-3-7-11-31;/h2-21,23-24,26H,22,25H2,1H3;1H/q+1;/p-1/b13-12+;. The molecule has 1 aliphatic heterocycles. The van der Waals surface area contributed by atoms with Crippen molar-refractivity contribution in [1.82, 2.24) is 4.90 Å². The highest BCUT2D eigenvalue weighted by Crippen LogP contribution is 2.34. The predicted octanol–water partition coefficient (Wildman–Crippen LogP) is 3.99. The molecule has 6 heteroatoms. The van der Waals surface area contributed by atoms with Gasteiger partial charge in [-0.1, -0.05) is 66.7 Å². The highest BCUT2D eigenvalue weighted by Gasteiger charge is 2.35. The molecule has 0 N–H and O–H groups in total. The third kappa shape index (κ3) is 6.19. The molecule has 1 aromatic heterocycles. The van der Waals surface area contributed by atoms with Gasteiger partial charge in [0.2, 0.25) is 0 Å². The number of hydrogen-bond acceptors (Lipinski definition) is 3. The first-order chi connectivity index (χ1) is 20.1. The summed E-state index contributed by atoms with van der Waals surface area (Å²) in [4.78, 5) is 29.6. The smallest absolute Gasteiger partial charge is 0.261 e. The lowest BCUT2D eigenvalue weighted by Gasteiger charge is -2.25. The molecular formula is C36H30IN3O2. The van der Waals surface area contributed by atoms with Gasteiger partial charge in [-0.15, -0.1) is 0 Å². The molecule has 6 rings (SSSR count). The molecule has 0 unspecified atom stereocenters. The van der Waals surface area contributed by atoms with Crippen molar-refractivity contribution in [3.63, 3.8) is 0 Å². The summed E-state index contributed by atoms with van der Waals surface area (Å²) in [6, 6.07) is 38.5. The molecular weight excluding hydrogens is 633 g/mol. The second-order valence-corrected chi connectivity index (χ2v) is 10.1. The minimum atomic E-state index is -0.229. The van der Waals surface area contributed by atoms with E-state index in [-0.39, 0.29) is 35.8 Å². The van der Waals surface area contributed by atoms with Crippen LogP contribution in [0.3, 0.4) is 0 Å². The number of aromatic nitrogens is 1. The summed E-state index contributed by atoms with van der Waals surface area (Å²) in [6.07, 6.45) is 8.56. The van der Waals surface area contributed by atoms with Crippen molar-refractivity contribution in [3.8, 4) is 0 Å². The zero-order chi connectivity index (χ0) is 28.2. The van der Waals surface area contributed by atoms with Gasteiger partial charge in [-0.25, -0.2) is 4.57 Å². The van der Waals surface area contributed by atoms with Gasteiger partial charge in [-0.2, -0.15) is 0 Å². The van der Waals surface area contributed by atoms with Crippen molar-refractivity contribution >= 4 is 41.0 Å². The molecule has 42 heavy (non-hydrogen) atoms. The van der Waals surface area contributed by atoms with E-state index in [0.29, 0.717) is 24.1 Å². The Hall–Kier alpha value is -4.56. The maximum atomic E-state index is 13.1. The summed E-state index contributed by atoms with van der Waals surface area (Å²) in [5, 5.41) is 0. The Balaban J connectivity index is 0.00000353. The highest BCUT2D eigenvalue weighted by molar-refractivity contribution is 6.21. The van der Waals surface area contributed by atoms with Gasteiger partial charge in [0.1, 0.15) is 7.05 Å². The normalized spacial score (nSPS) is 12.4. The number of amides is 2. The molecule has 4 aromatic carbocycles. The van der Waals surface area contributed by atoms with Crippen LogP contribution in [0.5, 0.6) is 0 Å². The molecule has 0 saturated heterocycles. The van der Waals surface area contributed by atoms with Crippen molar-refractivity contribution < 1.29 is 38.1 Å². The van der Waals surface area contributed by atoms with Crippen LogP contribution < -0.4 is 33.4 Å². The van der Waals surface area contributed by atoms with Crippen LogP contribution >= 0.6 is 0 Å². The lowest BCUT2D eigenvalue weighted by Crippen LogP contribution is -3.00. The number of halogens is 1. The van der Waals surface area contributed by atoms with Gasteiger partial charge in [-0.05, 0) is 71.6 Å². The van der Waals surface area contributed by atoms with E-state index in [0.717, 1.165) is 33.8 Å². The summed E-state index contributed by atoms with van der Waals surface area (Å²) in [5.41, 5.74) is 7.18. The number of imide groups is 1. The third-order valence-electron chi connectivity index (χ3n) is 7.31. The Morgan fingerprint density at radius 1 is 0.643 bits per heavy atom. The van der Waals surface area contributed by atoms with Gasteiger partial charge in [0.25, 0.3) is 11.8 Å². The Morgan fingerprint density at radius 2 is 1.17 bits per heavy atom. The van der Waals surface area contributed by atoms with Crippen LogP contribution in [0.15, 0.2) is 128 Å². The van der Waals surface area contributed by atoms with Gasteiger partial charge in [0.15, 0.2) is 12.4 Å². The fraction of sp³-hybridized carbons (Fsp3) is 0.0833. The topological polar surface area (TPSA) is 44.5 Å². The number of fused-ring (bicyclic) bond motifs is 1. The second-order valence-electron chi connectivity index (χ2n) is 10.1. The van der Waals surface area contributed by atoms with Crippen LogP contribution in [0.2, 0.25) is 0 Å². The van der Waals surface area contributed by atoms with Crippen LogP contribution in [0, 0.1) is 0 Å². The molecule has 5 nitrogen and oxygen atoms in total. The quantitative estimate of drug-likeness (QED) is 0.109. The largest absolute Gasteiger partial charge is 1.00 e. The number of pyridine rings is 1. The number of nitrogens with zero attached hydrogens (tertiary/aromatic N) is 3. The van der Waals surface area contributed by atoms with Crippen molar-refractivity contribution in [3.05, 3.63) is 155 Å². The van der Waals surface area contributed by atoms with Crippen LogP contribution in [-0.2, 0) is 13.5 Å². The number of para-hydroxylation sites is 2. The summed E-state index contributed by atoms with van der Waals surface area (Å²) in [7, 11) is 1.96. The molecule has 208 valence electrons. The fourth-order valence-corrected chi connectivity index (χ4v) is 5.08. The Morgan fingerprint density at radius 3 is 1.79 bits per heavy atom. The van der Waals surface area contributed by atoms with Gasteiger partial charge >= 0.3 is 0 Å². The fourth-order valence-electron chi connectivity index (χ4n) is 5.08. The van der Waals surface area contributed by atoms with Crippen molar-refractivity contribution in [2.24, 2.45) is 7.05 Å². The molecule has 0 fully saturated rings. The van der Waals surface area contributed by atoms with Crippen LogP contribution in [0.4, 0.5) is 17.1 Å². The molecule has 1 aliphatic rings. The molecule has 2 amide bonds. The molecule has 0 radical (unpaired) electrons. The average Bonchev–Trinajstić information content (AvgIpc) is 3.25. The average molecular weight is 664 g/mol. The van der Waals surface area contributed by atoms with E-state index in [1.165, 1.54) is 4.90 Å². The summed E-state index contributed by atoms with van der Waals surface area (Å²) in [6.45, 7) is 0.362. The number of carbonyl (C=O) groups is 2. The number of aryl methyl sites for hydroxylation is 1. The summed E-state index contributed by atoms with van der Waals surface area (Å²) >= 11 is 0. The van der Waals surface area contributed by atoms with Crippen LogP contribution in [-0.4, -0.2) is 23.3 Å². The van der Waals surface area contributed by atoms with Crippen LogP contribution in [0.1, 0.15) is 37.4 Å². The van der Waals surface area contributed by atoms with E-state index < -0.39 is 0 Å². The zero-order valence-corrected chi connectivity index (χ0v) is 25.4. The predicted molar refractivity (Wildman–Crippen MR) is 163 cm³/mol. The van der Waals surface area contributed by atoms with Crippen molar-refractivity contribution in [2.45, 2.75) is 6.42 Å². The highest BCUT2D eigenvalue weighted by atomic mass is 127. The molecule has 5 aromatic rings. The zero-order valence-electron chi connectivity index (χ0n) is 23.2. The SMILES string of the molecule is C[n+]1ccc(CCN2C(=O)c3ccc(/C=C/c4ccc(N(c5ccccc5)c5ccccc5)cc4)cc3C2=O)cc1.[I-]. The first-order valence-corrected chi connectivity index (χ1v) is 13.7. The van der Waals surface area contributed by atoms with Gasteiger partial charge < -0.3 is 28.9 Å². The number of carbonyl (C=O) groups excluding carboxylic acids is 2. The van der Waals surface area contributed by atoms with E-state index in [9.17, 15) is 9.59 Å². The first kappa shape index (κ1) is 29.0. The van der Waals surface area contributed by atoms with Crippen molar-refractivity contribution in [1.29, 1.82) is 0 Å². The molecule has 0 atom stereocenters.